The second-order valence-corrected chi connectivity index (χ2v) is 9.94. The van der Waals surface area contributed by atoms with Gasteiger partial charge in [0.05, 0.1) is 12.0 Å². The molecule has 1 aliphatic carbocycles. The average Bonchev–Trinajstić information content (AvgIpc) is 3.68. The summed E-state index contributed by atoms with van der Waals surface area (Å²) in [7, 11) is 0. The summed E-state index contributed by atoms with van der Waals surface area (Å²) in [5.41, 5.74) is 1.51. The first-order valence-corrected chi connectivity index (χ1v) is 12.1. The lowest BCUT2D eigenvalue weighted by atomic mass is 9.71. The Morgan fingerprint density at radius 1 is 0.829 bits per heavy atom. The van der Waals surface area contributed by atoms with Gasteiger partial charge >= 0.3 is 5.97 Å². The molecular formula is C30H29NO4. The fraction of sp³-hybridized carbons (Fsp3) is 0.300. The van der Waals surface area contributed by atoms with Gasteiger partial charge in [0.2, 0.25) is 5.91 Å². The normalized spacial score (nSPS) is 25.9. The van der Waals surface area contributed by atoms with Crippen molar-refractivity contribution >= 4 is 17.7 Å². The van der Waals surface area contributed by atoms with Crippen LogP contribution < -0.4 is 0 Å². The molecule has 178 valence electrons. The Kier molecular flexibility index (Phi) is 5.79. The van der Waals surface area contributed by atoms with Crippen LogP contribution in [0.5, 0.6) is 0 Å². The maximum absolute atomic E-state index is 14.2. The first kappa shape index (κ1) is 23.0. The molecule has 4 unspecified atom stereocenters. The van der Waals surface area contributed by atoms with Crippen molar-refractivity contribution in [1.82, 2.24) is 4.90 Å². The molecule has 0 radical (unpaired) electrons. The molecule has 1 saturated heterocycles. The van der Waals surface area contributed by atoms with Gasteiger partial charge in [-0.05, 0) is 37.8 Å². The molecule has 0 spiro atoms. The predicted octanol–water partition coefficient (Wildman–Crippen LogP) is 5.41. The number of carbonyl (C=O) groups is 3. The second kappa shape index (κ2) is 8.81. The number of rotatable bonds is 6. The Morgan fingerprint density at radius 2 is 1.40 bits per heavy atom. The van der Waals surface area contributed by atoms with Crippen LogP contribution >= 0.6 is 0 Å². The molecule has 1 saturated carbocycles. The molecule has 2 aliphatic rings. The molecule has 3 aromatic rings. The van der Waals surface area contributed by atoms with Gasteiger partial charge in [0, 0.05) is 17.4 Å². The molecule has 1 amide bonds. The Bertz CT molecular complexity index is 1250. The van der Waals surface area contributed by atoms with E-state index in [0.29, 0.717) is 5.56 Å². The molecule has 2 fully saturated rings. The van der Waals surface area contributed by atoms with Gasteiger partial charge in [0.1, 0.15) is 5.54 Å². The Morgan fingerprint density at radius 3 is 1.94 bits per heavy atom. The number of hydrogen-bond acceptors (Lipinski definition) is 3. The maximum Gasteiger partial charge on any atom is 0.330 e. The van der Waals surface area contributed by atoms with E-state index in [1.807, 2.05) is 79.7 Å². The molecule has 5 heteroatoms. The fourth-order valence-electron chi connectivity index (χ4n) is 5.66. The smallest absolute Gasteiger partial charge is 0.330 e. The molecule has 1 N–H and O–H groups in total. The number of aryl methyl sites for hydroxylation is 1. The van der Waals surface area contributed by atoms with Gasteiger partial charge < -0.3 is 10.0 Å². The lowest BCUT2D eigenvalue weighted by Crippen LogP contribution is -2.54. The number of hydrogen-bond donors (Lipinski definition) is 1. The largest absolute Gasteiger partial charge is 0.479 e. The minimum absolute atomic E-state index is 0.149. The highest BCUT2D eigenvalue weighted by molar-refractivity contribution is 6.02. The monoisotopic (exact) mass is 467 g/mol. The van der Waals surface area contributed by atoms with Crippen molar-refractivity contribution in [1.29, 1.82) is 0 Å². The number of ketones is 1. The van der Waals surface area contributed by atoms with Crippen LogP contribution in [0.15, 0.2) is 84.9 Å². The molecule has 0 aromatic heterocycles. The Labute approximate surface area is 205 Å². The van der Waals surface area contributed by atoms with E-state index in [0.717, 1.165) is 29.5 Å². The lowest BCUT2D eigenvalue weighted by molar-refractivity contribution is -0.158. The highest BCUT2D eigenvalue weighted by Gasteiger charge is 2.65. The Hall–Kier alpha value is -3.73. The topological polar surface area (TPSA) is 74.7 Å². The predicted molar refractivity (Wildman–Crippen MR) is 133 cm³/mol. The number of benzene rings is 3. The SMILES string of the molecule is Cc1ccc(C2C(C(=O)c3ccccc3)C(c3ccccc3)C(C)(C(=O)O)N2C(=O)C2CC2)cc1. The molecule has 4 atom stereocenters. The summed E-state index contributed by atoms with van der Waals surface area (Å²) >= 11 is 0. The van der Waals surface area contributed by atoms with Gasteiger partial charge in [-0.15, -0.1) is 0 Å². The van der Waals surface area contributed by atoms with Crippen molar-refractivity contribution in [3.63, 3.8) is 0 Å². The molecule has 5 rings (SSSR count). The summed E-state index contributed by atoms with van der Waals surface area (Å²) in [6, 6.07) is 25.4. The number of carbonyl (C=O) groups excluding carboxylic acids is 2. The number of aliphatic carboxylic acids is 1. The summed E-state index contributed by atoms with van der Waals surface area (Å²) in [5.74, 6) is -3.09. The highest BCUT2D eigenvalue weighted by Crippen LogP contribution is 2.57. The van der Waals surface area contributed by atoms with E-state index in [1.54, 1.807) is 24.0 Å². The third kappa shape index (κ3) is 3.85. The van der Waals surface area contributed by atoms with Crippen molar-refractivity contribution in [3.05, 3.63) is 107 Å². The summed E-state index contributed by atoms with van der Waals surface area (Å²) in [4.78, 5) is 42.7. The second-order valence-electron chi connectivity index (χ2n) is 9.94. The van der Waals surface area contributed by atoms with E-state index in [-0.39, 0.29) is 17.6 Å². The number of Topliss-reactive ketones (excluding diaryl/α,β-unsaturated/α-hetero) is 1. The zero-order valence-electron chi connectivity index (χ0n) is 19.9. The first-order chi connectivity index (χ1) is 16.8. The summed E-state index contributed by atoms with van der Waals surface area (Å²) < 4.78 is 0. The third-order valence-electron chi connectivity index (χ3n) is 7.62. The number of carboxylic acid groups (broad SMARTS) is 1. The van der Waals surface area contributed by atoms with Crippen molar-refractivity contribution in [2.75, 3.05) is 0 Å². The summed E-state index contributed by atoms with van der Waals surface area (Å²) in [5, 5.41) is 10.7. The summed E-state index contributed by atoms with van der Waals surface area (Å²) in [6.45, 7) is 3.60. The Balaban J connectivity index is 1.79. The van der Waals surface area contributed by atoms with E-state index in [1.165, 1.54) is 0 Å². The molecule has 35 heavy (non-hydrogen) atoms. The summed E-state index contributed by atoms with van der Waals surface area (Å²) in [6.07, 6.45) is 1.50. The molecule has 3 aromatic carbocycles. The average molecular weight is 468 g/mol. The van der Waals surface area contributed by atoms with Crippen LogP contribution in [0.2, 0.25) is 0 Å². The van der Waals surface area contributed by atoms with Gasteiger partial charge in [-0.1, -0.05) is 90.5 Å². The van der Waals surface area contributed by atoms with Gasteiger partial charge in [-0.25, -0.2) is 4.79 Å². The van der Waals surface area contributed by atoms with Gasteiger partial charge in [-0.2, -0.15) is 0 Å². The first-order valence-electron chi connectivity index (χ1n) is 12.1. The molecule has 1 heterocycles. The number of carboxylic acids is 1. The van der Waals surface area contributed by atoms with Crippen LogP contribution in [-0.4, -0.2) is 33.2 Å². The molecular weight excluding hydrogens is 438 g/mol. The standard InChI is InChI=1S/C30H29NO4/c1-19-13-15-21(16-14-19)26-24(27(32)22-11-7-4-8-12-22)25(20-9-5-3-6-10-20)30(2,29(34)35)31(26)28(33)23-17-18-23/h3-16,23-26H,17-18H2,1-2H3,(H,34,35). The van der Waals surface area contributed by atoms with Crippen molar-refractivity contribution in [2.24, 2.45) is 11.8 Å². The van der Waals surface area contributed by atoms with Crippen LogP contribution in [0, 0.1) is 18.8 Å². The van der Waals surface area contributed by atoms with Gasteiger partial charge in [-0.3, -0.25) is 9.59 Å². The van der Waals surface area contributed by atoms with E-state index < -0.39 is 29.4 Å². The minimum Gasteiger partial charge on any atom is -0.479 e. The van der Waals surface area contributed by atoms with E-state index >= 15 is 0 Å². The van der Waals surface area contributed by atoms with E-state index in [4.69, 9.17) is 0 Å². The third-order valence-corrected chi connectivity index (χ3v) is 7.62. The van der Waals surface area contributed by atoms with E-state index in [9.17, 15) is 19.5 Å². The number of nitrogens with zero attached hydrogens (tertiary/aromatic N) is 1. The van der Waals surface area contributed by atoms with Crippen molar-refractivity contribution < 1.29 is 19.5 Å². The van der Waals surface area contributed by atoms with Crippen molar-refractivity contribution in [3.8, 4) is 0 Å². The van der Waals surface area contributed by atoms with Gasteiger partial charge in [0.15, 0.2) is 5.78 Å². The number of amides is 1. The zero-order chi connectivity index (χ0) is 24.7. The van der Waals surface area contributed by atoms with Crippen LogP contribution in [0.4, 0.5) is 0 Å². The minimum atomic E-state index is -1.59. The van der Waals surface area contributed by atoms with Crippen molar-refractivity contribution in [2.45, 2.75) is 44.2 Å². The quantitative estimate of drug-likeness (QED) is 0.492. The molecule has 5 nitrogen and oxygen atoms in total. The maximum atomic E-state index is 14.2. The number of likely N-dealkylation sites (tertiary alicyclic amines) is 1. The van der Waals surface area contributed by atoms with Crippen LogP contribution in [0.25, 0.3) is 0 Å². The molecule has 1 aliphatic heterocycles. The van der Waals surface area contributed by atoms with Gasteiger partial charge in [0.25, 0.3) is 0 Å². The van der Waals surface area contributed by atoms with Crippen LogP contribution in [0.3, 0.4) is 0 Å². The van der Waals surface area contributed by atoms with Crippen LogP contribution in [-0.2, 0) is 9.59 Å². The highest BCUT2D eigenvalue weighted by atomic mass is 16.4. The zero-order valence-corrected chi connectivity index (χ0v) is 19.9. The fourth-order valence-corrected chi connectivity index (χ4v) is 5.66. The van der Waals surface area contributed by atoms with E-state index in [2.05, 4.69) is 0 Å². The molecule has 0 bridgehead atoms. The lowest BCUT2D eigenvalue weighted by Gasteiger charge is -2.38. The van der Waals surface area contributed by atoms with Crippen LogP contribution in [0.1, 0.15) is 58.8 Å².